The largest absolute Gasteiger partial charge is 0.363 e. The average molecular weight is 400 g/mol. The minimum absolute atomic E-state index is 0.303. The molecule has 2 aromatic rings. The molecule has 0 amide bonds. The topological polar surface area (TPSA) is 18.5 Å². The molecule has 1 N–H and O–H groups in total. The Morgan fingerprint density at radius 2 is 1.52 bits per heavy atom. The van der Waals surface area contributed by atoms with Gasteiger partial charge in [-0.3, -0.25) is 4.90 Å². The molecule has 0 unspecified atom stereocenters. The second-order valence-electron chi connectivity index (χ2n) is 6.83. The molecule has 0 spiro atoms. The Morgan fingerprint density at radius 1 is 0.963 bits per heavy atom. The maximum Gasteiger partial charge on any atom is 0.169 e. The lowest BCUT2D eigenvalue weighted by molar-refractivity contribution is 0.149. The van der Waals surface area contributed by atoms with Gasteiger partial charge in [-0.1, -0.05) is 60.7 Å². The van der Waals surface area contributed by atoms with Gasteiger partial charge >= 0.3 is 0 Å². The van der Waals surface area contributed by atoms with Gasteiger partial charge < -0.3 is 10.2 Å². The molecular formula is C22H29N3S2. The number of rotatable bonds is 7. The average Bonchev–Trinajstić information content (AvgIpc) is 2.73. The number of nitrogens with one attached hydrogen (secondary N) is 1. The summed E-state index contributed by atoms with van der Waals surface area (Å²) in [4.78, 5) is 4.90. The van der Waals surface area contributed by atoms with E-state index in [2.05, 4.69) is 82.0 Å². The molecule has 1 aliphatic rings. The van der Waals surface area contributed by atoms with Crippen LogP contribution in [0.25, 0.3) is 0 Å². The molecule has 1 aliphatic heterocycles. The van der Waals surface area contributed by atoms with Crippen LogP contribution in [-0.2, 0) is 0 Å². The number of hydrogen-bond donors (Lipinski definition) is 1. The van der Waals surface area contributed by atoms with Crippen LogP contribution in [0, 0.1) is 0 Å². The van der Waals surface area contributed by atoms with Gasteiger partial charge in [0, 0.05) is 32.7 Å². The predicted octanol–water partition coefficient (Wildman–Crippen LogP) is 4.02. The smallest absolute Gasteiger partial charge is 0.169 e. The van der Waals surface area contributed by atoms with E-state index < -0.39 is 0 Å². The molecule has 1 heterocycles. The van der Waals surface area contributed by atoms with Gasteiger partial charge in [0.05, 0.1) is 6.04 Å². The molecule has 0 bridgehead atoms. The molecule has 0 saturated carbocycles. The van der Waals surface area contributed by atoms with Crippen molar-refractivity contribution in [2.45, 2.75) is 12.5 Å². The van der Waals surface area contributed by atoms with Crippen LogP contribution in [0.2, 0.25) is 0 Å². The van der Waals surface area contributed by atoms with Crippen LogP contribution in [0.1, 0.15) is 23.6 Å². The zero-order chi connectivity index (χ0) is 18.9. The van der Waals surface area contributed by atoms with E-state index in [1.54, 1.807) is 0 Å². The van der Waals surface area contributed by atoms with E-state index in [0.29, 0.717) is 6.04 Å². The predicted molar refractivity (Wildman–Crippen MR) is 121 cm³/mol. The van der Waals surface area contributed by atoms with Gasteiger partial charge in [-0.05, 0) is 41.8 Å². The van der Waals surface area contributed by atoms with Gasteiger partial charge in [0.2, 0.25) is 0 Å². The van der Waals surface area contributed by atoms with Gasteiger partial charge in [0.15, 0.2) is 5.11 Å². The Morgan fingerprint density at radius 3 is 2.04 bits per heavy atom. The normalized spacial score (nSPS) is 15.1. The van der Waals surface area contributed by atoms with Crippen molar-refractivity contribution in [1.82, 2.24) is 15.1 Å². The lowest BCUT2D eigenvalue weighted by Gasteiger charge is -2.40. The van der Waals surface area contributed by atoms with E-state index >= 15 is 0 Å². The quantitative estimate of drug-likeness (QED) is 0.558. The summed E-state index contributed by atoms with van der Waals surface area (Å²) in [6.07, 6.45) is 3.30. The van der Waals surface area contributed by atoms with E-state index in [-0.39, 0.29) is 0 Å². The molecule has 144 valence electrons. The molecule has 27 heavy (non-hydrogen) atoms. The molecule has 3 rings (SSSR count). The van der Waals surface area contributed by atoms with Crippen molar-refractivity contribution >= 4 is 29.1 Å². The third-order valence-electron chi connectivity index (χ3n) is 5.00. The summed E-state index contributed by atoms with van der Waals surface area (Å²) in [5, 5.41) is 4.33. The first-order valence-electron chi connectivity index (χ1n) is 9.65. The fourth-order valence-electron chi connectivity index (χ4n) is 3.59. The standard InChI is InChI=1S/C22H29N3S2/c1-27-18-8-13-23-22(26)25-16-14-24(15-17-25)21(19-9-4-2-5-10-19)20-11-6-3-7-12-20/h2-7,9-12,21H,8,13-18H2,1H3,(H,23,26). The molecule has 2 aromatic carbocycles. The first-order valence-corrected chi connectivity index (χ1v) is 11.5. The number of hydrogen-bond acceptors (Lipinski definition) is 3. The maximum atomic E-state index is 5.60. The van der Waals surface area contributed by atoms with Crippen LogP contribution in [0.5, 0.6) is 0 Å². The Hall–Kier alpha value is -1.56. The van der Waals surface area contributed by atoms with Crippen LogP contribution >= 0.6 is 24.0 Å². The highest BCUT2D eigenvalue weighted by molar-refractivity contribution is 7.98. The van der Waals surface area contributed by atoms with Gasteiger partial charge in [0.25, 0.3) is 0 Å². The minimum Gasteiger partial charge on any atom is -0.363 e. The van der Waals surface area contributed by atoms with Gasteiger partial charge in [-0.25, -0.2) is 0 Å². The number of nitrogens with zero attached hydrogens (tertiary/aromatic N) is 2. The van der Waals surface area contributed by atoms with Gasteiger partial charge in [-0.2, -0.15) is 11.8 Å². The van der Waals surface area contributed by atoms with Crippen LogP contribution in [0.4, 0.5) is 0 Å². The summed E-state index contributed by atoms with van der Waals surface area (Å²) in [6, 6.07) is 22.0. The summed E-state index contributed by atoms with van der Waals surface area (Å²) >= 11 is 7.49. The van der Waals surface area contributed by atoms with Crippen molar-refractivity contribution in [2.24, 2.45) is 0 Å². The Balaban J connectivity index is 1.62. The first kappa shape index (κ1) is 20.2. The summed E-state index contributed by atoms with van der Waals surface area (Å²) < 4.78 is 0. The molecule has 1 fully saturated rings. The highest BCUT2D eigenvalue weighted by Crippen LogP contribution is 2.29. The van der Waals surface area contributed by atoms with Crippen molar-refractivity contribution in [2.75, 3.05) is 44.7 Å². The van der Waals surface area contributed by atoms with Crippen molar-refractivity contribution < 1.29 is 0 Å². The van der Waals surface area contributed by atoms with Crippen molar-refractivity contribution in [3.63, 3.8) is 0 Å². The molecule has 0 aromatic heterocycles. The van der Waals surface area contributed by atoms with Crippen molar-refractivity contribution in [1.29, 1.82) is 0 Å². The monoisotopic (exact) mass is 399 g/mol. The highest BCUT2D eigenvalue weighted by Gasteiger charge is 2.26. The minimum atomic E-state index is 0.303. The molecule has 5 heteroatoms. The Bertz CT molecular complexity index is 646. The molecular weight excluding hydrogens is 370 g/mol. The lowest BCUT2D eigenvalue weighted by Crippen LogP contribution is -2.52. The second kappa shape index (κ2) is 10.7. The number of benzene rings is 2. The van der Waals surface area contributed by atoms with E-state index in [9.17, 15) is 0 Å². The van der Waals surface area contributed by atoms with Gasteiger partial charge in [-0.15, -0.1) is 0 Å². The van der Waals surface area contributed by atoms with Crippen molar-refractivity contribution in [3.05, 3.63) is 71.8 Å². The zero-order valence-corrected chi connectivity index (χ0v) is 17.6. The molecule has 3 nitrogen and oxygen atoms in total. The molecule has 0 radical (unpaired) electrons. The second-order valence-corrected chi connectivity index (χ2v) is 8.20. The molecule has 0 atom stereocenters. The number of piperazine rings is 1. The highest BCUT2D eigenvalue weighted by atomic mass is 32.2. The molecule has 0 aliphatic carbocycles. The SMILES string of the molecule is CSCCCNC(=S)N1CCN(C(c2ccccc2)c2ccccc2)CC1. The van der Waals surface area contributed by atoms with E-state index in [1.165, 1.54) is 16.9 Å². The van der Waals surface area contributed by atoms with Crippen LogP contribution in [0.3, 0.4) is 0 Å². The van der Waals surface area contributed by atoms with E-state index in [1.807, 2.05) is 11.8 Å². The van der Waals surface area contributed by atoms with Crippen molar-refractivity contribution in [3.8, 4) is 0 Å². The maximum absolute atomic E-state index is 5.60. The Kier molecular flexibility index (Phi) is 7.99. The first-order chi connectivity index (χ1) is 13.3. The summed E-state index contributed by atoms with van der Waals surface area (Å²) in [6.45, 7) is 4.95. The third kappa shape index (κ3) is 5.71. The van der Waals surface area contributed by atoms with Crippen LogP contribution in [0.15, 0.2) is 60.7 Å². The Labute approximate surface area is 173 Å². The fraction of sp³-hybridized carbons (Fsp3) is 0.409. The zero-order valence-electron chi connectivity index (χ0n) is 16.0. The van der Waals surface area contributed by atoms with E-state index in [0.717, 1.165) is 44.3 Å². The van der Waals surface area contributed by atoms with Gasteiger partial charge in [0.1, 0.15) is 0 Å². The summed E-state index contributed by atoms with van der Waals surface area (Å²) in [5.41, 5.74) is 2.71. The number of thiocarbonyl (C=S) groups is 1. The number of thioether (sulfide) groups is 1. The van der Waals surface area contributed by atoms with Crippen LogP contribution < -0.4 is 5.32 Å². The molecule has 1 saturated heterocycles. The summed E-state index contributed by atoms with van der Waals surface area (Å²) in [7, 11) is 0. The fourth-order valence-corrected chi connectivity index (χ4v) is 4.31. The lowest BCUT2D eigenvalue weighted by atomic mass is 9.96. The van der Waals surface area contributed by atoms with Crippen LogP contribution in [-0.4, -0.2) is 59.6 Å². The third-order valence-corrected chi connectivity index (χ3v) is 6.10. The van der Waals surface area contributed by atoms with E-state index in [4.69, 9.17) is 12.2 Å². The summed E-state index contributed by atoms with van der Waals surface area (Å²) in [5.74, 6) is 1.18.